The molecule has 0 saturated heterocycles. The molecule has 1 aromatic heterocycles. The summed E-state index contributed by atoms with van der Waals surface area (Å²) in [6.07, 6.45) is 3.92. The number of rotatable bonds is 4. The van der Waals surface area contributed by atoms with Gasteiger partial charge in [0, 0.05) is 18.8 Å². The average Bonchev–Trinajstić information content (AvgIpc) is 2.45. The van der Waals surface area contributed by atoms with E-state index in [4.69, 9.17) is 0 Å². The lowest BCUT2D eigenvalue weighted by atomic mass is 9.88. The first-order valence-corrected chi connectivity index (χ1v) is 5.76. The Balaban J connectivity index is 2.83. The fourth-order valence-corrected chi connectivity index (χ4v) is 1.35. The molecule has 1 unspecified atom stereocenters. The Kier molecular flexibility index (Phi) is 3.79. The SMILES string of the molecule is C=CCn1cc(C)nc1NC(C)C(C)(C)C. The van der Waals surface area contributed by atoms with Crippen molar-refractivity contribution in [3.63, 3.8) is 0 Å². The molecule has 0 aromatic carbocycles. The molecule has 1 atom stereocenters. The van der Waals surface area contributed by atoms with E-state index >= 15 is 0 Å². The van der Waals surface area contributed by atoms with Gasteiger partial charge in [0.05, 0.1) is 5.69 Å². The smallest absolute Gasteiger partial charge is 0.203 e. The highest BCUT2D eigenvalue weighted by Crippen LogP contribution is 2.22. The Bertz CT molecular complexity index is 358. The molecule has 1 rings (SSSR count). The van der Waals surface area contributed by atoms with Gasteiger partial charge in [-0.2, -0.15) is 0 Å². The van der Waals surface area contributed by atoms with Crippen LogP contribution in [0.3, 0.4) is 0 Å². The number of nitrogens with one attached hydrogen (secondary N) is 1. The normalized spacial score (nSPS) is 13.6. The first kappa shape index (κ1) is 12.8. The van der Waals surface area contributed by atoms with E-state index < -0.39 is 0 Å². The van der Waals surface area contributed by atoms with E-state index in [2.05, 4.69) is 49.1 Å². The average molecular weight is 221 g/mol. The van der Waals surface area contributed by atoms with Crippen molar-refractivity contribution in [2.45, 2.75) is 47.2 Å². The van der Waals surface area contributed by atoms with Crippen LogP contribution in [-0.2, 0) is 6.54 Å². The highest BCUT2D eigenvalue weighted by atomic mass is 15.2. The number of anilines is 1. The third kappa shape index (κ3) is 3.12. The summed E-state index contributed by atoms with van der Waals surface area (Å²) in [5, 5.41) is 3.46. The summed E-state index contributed by atoms with van der Waals surface area (Å²) < 4.78 is 2.09. The predicted octanol–water partition coefficient (Wildman–Crippen LogP) is 3.22. The van der Waals surface area contributed by atoms with Crippen LogP contribution in [0.25, 0.3) is 0 Å². The molecule has 0 bridgehead atoms. The van der Waals surface area contributed by atoms with Crippen LogP contribution in [0.5, 0.6) is 0 Å². The van der Waals surface area contributed by atoms with E-state index in [1.165, 1.54) is 0 Å². The van der Waals surface area contributed by atoms with Crippen LogP contribution in [0.15, 0.2) is 18.9 Å². The maximum absolute atomic E-state index is 4.49. The molecule has 3 nitrogen and oxygen atoms in total. The summed E-state index contributed by atoms with van der Waals surface area (Å²) in [5.74, 6) is 0.930. The van der Waals surface area contributed by atoms with Gasteiger partial charge in [0.15, 0.2) is 0 Å². The number of imidazole rings is 1. The molecule has 0 amide bonds. The molecule has 0 aliphatic heterocycles. The highest BCUT2D eigenvalue weighted by Gasteiger charge is 2.21. The second kappa shape index (κ2) is 4.73. The predicted molar refractivity (Wildman–Crippen MR) is 69.7 cm³/mol. The van der Waals surface area contributed by atoms with Crippen molar-refractivity contribution in [3.8, 4) is 0 Å². The van der Waals surface area contributed by atoms with Gasteiger partial charge in [-0.05, 0) is 19.3 Å². The summed E-state index contributed by atoms with van der Waals surface area (Å²) in [6, 6.07) is 0.373. The van der Waals surface area contributed by atoms with Gasteiger partial charge in [0.25, 0.3) is 0 Å². The molecular weight excluding hydrogens is 198 g/mol. The zero-order valence-corrected chi connectivity index (χ0v) is 11.0. The first-order valence-electron chi connectivity index (χ1n) is 5.76. The summed E-state index contributed by atoms with van der Waals surface area (Å²) in [5.41, 5.74) is 1.25. The van der Waals surface area contributed by atoms with E-state index in [1.54, 1.807) is 0 Å². The molecule has 1 heterocycles. The van der Waals surface area contributed by atoms with E-state index in [-0.39, 0.29) is 5.41 Å². The van der Waals surface area contributed by atoms with E-state index in [9.17, 15) is 0 Å². The Hall–Kier alpha value is -1.25. The van der Waals surface area contributed by atoms with E-state index in [0.717, 1.165) is 18.2 Å². The fourth-order valence-electron chi connectivity index (χ4n) is 1.35. The molecule has 1 aromatic rings. The third-order valence-corrected chi connectivity index (χ3v) is 2.87. The van der Waals surface area contributed by atoms with E-state index in [0.29, 0.717) is 6.04 Å². The topological polar surface area (TPSA) is 29.9 Å². The summed E-state index contributed by atoms with van der Waals surface area (Å²) in [7, 11) is 0. The molecule has 0 radical (unpaired) electrons. The number of hydrogen-bond donors (Lipinski definition) is 1. The van der Waals surface area contributed by atoms with Gasteiger partial charge in [0.1, 0.15) is 0 Å². The van der Waals surface area contributed by atoms with Gasteiger partial charge in [-0.15, -0.1) is 6.58 Å². The minimum absolute atomic E-state index is 0.221. The second-order valence-corrected chi connectivity index (χ2v) is 5.38. The first-order chi connectivity index (χ1) is 7.34. The van der Waals surface area contributed by atoms with Crippen LogP contribution in [0.4, 0.5) is 5.95 Å². The largest absolute Gasteiger partial charge is 0.353 e. The monoisotopic (exact) mass is 221 g/mol. The maximum Gasteiger partial charge on any atom is 0.203 e. The molecular formula is C13H23N3. The Morgan fingerprint density at radius 1 is 1.56 bits per heavy atom. The molecule has 1 N–H and O–H groups in total. The van der Waals surface area contributed by atoms with Crippen molar-refractivity contribution < 1.29 is 0 Å². The van der Waals surface area contributed by atoms with Gasteiger partial charge < -0.3 is 9.88 Å². The molecule has 0 spiro atoms. The highest BCUT2D eigenvalue weighted by molar-refractivity contribution is 5.31. The van der Waals surface area contributed by atoms with Crippen molar-refractivity contribution in [1.29, 1.82) is 0 Å². The molecule has 90 valence electrons. The van der Waals surface area contributed by atoms with Gasteiger partial charge in [0.2, 0.25) is 5.95 Å². The molecule has 0 saturated carbocycles. The van der Waals surface area contributed by atoms with Gasteiger partial charge >= 0.3 is 0 Å². The zero-order valence-electron chi connectivity index (χ0n) is 11.0. The lowest BCUT2D eigenvalue weighted by Gasteiger charge is -2.28. The van der Waals surface area contributed by atoms with Crippen molar-refractivity contribution in [1.82, 2.24) is 9.55 Å². The Morgan fingerprint density at radius 2 is 2.19 bits per heavy atom. The minimum Gasteiger partial charge on any atom is -0.353 e. The molecule has 16 heavy (non-hydrogen) atoms. The second-order valence-electron chi connectivity index (χ2n) is 5.38. The molecule has 0 fully saturated rings. The van der Waals surface area contributed by atoms with Crippen LogP contribution in [-0.4, -0.2) is 15.6 Å². The lowest BCUT2D eigenvalue weighted by Crippen LogP contribution is -2.32. The summed E-state index contributed by atoms with van der Waals surface area (Å²) in [6.45, 7) is 15.4. The quantitative estimate of drug-likeness (QED) is 0.791. The van der Waals surface area contributed by atoms with E-state index in [1.807, 2.05) is 19.2 Å². The number of aryl methyl sites for hydroxylation is 1. The van der Waals surface area contributed by atoms with Gasteiger partial charge in [-0.25, -0.2) is 4.98 Å². The number of hydrogen-bond acceptors (Lipinski definition) is 2. The Morgan fingerprint density at radius 3 is 2.69 bits per heavy atom. The van der Waals surface area contributed by atoms with Crippen LogP contribution >= 0.6 is 0 Å². The van der Waals surface area contributed by atoms with Crippen molar-refractivity contribution in [2.75, 3.05) is 5.32 Å². The van der Waals surface area contributed by atoms with Crippen LogP contribution < -0.4 is 5.32 Å². The van der Waals surface area contributed by atoms with Crippen molar-refractivity contribution in [2.24, 2.45) is 5.41 Å². The van der Waals surface area contributed by atoms with Crippen molar-refractivity contribution >= 4 is 5.95 Å². The van der Waals surface area contributed by atoms with Crippen molar-refractivity contribution in [3.05, 3.63) is 24.5 Å². The summed E-state index contributed by atoms with van der Waals surface area (Å²) in [4.78, 5) is 4.49. The Labute approximate surface area is 98.6 Å². The third-order valence-electron chi connectivity index (χ3n) is 2.87. The minimum atomic E-state index is 0.221. The standard InChI is InChI=1S/C13H23N3/c1-7-8-16-9-10(2)14-12(16)15-11(3)13(4,5)6/h7,9,11H,1,8H2,2-6H3,(H,14,15). The molecule has 0 aliphatic rings. The molecule has 0 aliphatic carbocycles. The number of aromatic nitrogens is 2. The fraction of sp³-hybridized carbons (Fsp3) is 0.615. The maximum atomic E-state index is 4.49. The lowest BCUT2D eigenvalue weighted by molar-refractivity contribution is 0.357. The summed E-state index contributed by atoms with van der Waals surface area (Å²) >= 11 is 0. The number of nitrogens with zero attached hydrogens (tertiary/aromatic N) is 2. The van der Waals surface area contributed by atoms with Crippen LogP contribution in [0.2, 0.25) is 0 Å². The van der Waals surface area contributed by atoms with Gasteiger partial charge in [-0.1, -0.05) is 26.8 Å². The number of allylic oxidation sites excluding steroid dienone is 1. The molecule has 3 heteroatoms. The van der Waals surface area contributed by atoms with Crippen LogP contribution in [0.1, 0.15) is 33.4 Å². The van der Waals surface area contributed by atoms with Crippen LogP contribution in [0, 0.1) is 12.3 Å². The zero-order chi connectivity index (χ0) is 12.3. The van der Waals surface area contributed by atoms with Gasteiger partial charge in [-0.3, -0.25) is 0 Å².